The molecule has 25 heteroatoms. The van der Waals surface area contributed by atoms with Crippen molar-refractivity contribution in [3.05, 3.63) is 149 Å². The second-order valence-electron chi connectivity index (χ2n) is 17.7. The number of aryl methyl sites for hydroxylation is 4. The zero-order valence-corrected chi connectivity index (χ0v) is 44.5. The molecule has 396 valence electrons. The summed E-state index contributed by atoms with van der Waals surface area (Å²) >= 11 is 4.45. The Bertz CT molecular complexity index is 4140. The number of hydrogen-bond donors (Lipinski definition) is 8. The summed E-state index contributed by atoms with van der Waals surface area (Å²) in [4.78, 5) is 12.6. The van der Waals surface area contributed by atoms with Crippen LogP contribution in [0.3, 0.4) is 0 Å². The highest BCUT2D eigenvalue weighted by molar-refractivity contribution is 7.86. The molecule has 0 bridgehead atoms. The lowest BCUT2D eigenvalue weighted by Crippen LogP contribution is -2.11. The Morgan fingerprint density at radius 2 is 1.09 bits per heavy atom. The summed E-state index contributed by atoms with van der Waals surface area (Å²) in [6.45, 7) is 7.26. The van der Waals surface area contributed by atoms with Crippen LogP contribution in [0.25, 0.3) is 21.5 Å². The minimum atomic E-state index is -4.97. The van der Waals surface area contributed by atoms with Crippen LogP contribution in [0.2, 0.25) is 0 Å². The van der Waals surface area contributed by atoms with Gasteiger partial charge in [0.05, 0.1) is 46.5 Å². The Morgan fingerprint density at radius 1 is 0.584 bits per heavy atom. The number of amides is 1. The van der Waals surface area contributed by atoms with Gasteiger partial charge in [0, 0.05) is 38.3 Å². The number of nitrogens with one attached hydrogen (secondary N) is 2. The van der Waals surface area contributed by atoms with Crippen LogP contribution in [-0.4, -0.2) is 62.3 Å². The number of ether oxygens (including phenoxy) is 1. The molecule has 0 aliphatic rings. The largest absolute Gasteiger partial charge is 0.505 e. The highest BCUT2D eigenvalue weighted by Gasteiger charge is 2.23. The van der Waals surface area contributed by atoms with Crippen molar-refractivity contribution in [3.63, 3.8) is 0 Å². The van der Waals surface area contributed by atoms with E-state index < -0.39 is 57.3 Å². The molecule has 21 nitrogen and oxygen atoms in total. The predicted octanol–water partition coefficient (Wildman–Crippen LogP) is 13.2. The molecule has 0 unspecified atom stereocenters. The molecular formula is C52H47N9O12S4. The average Bonchev–Trinajstić information content (AvgIpc) is 3.36. The minimum Gasteiger partial charge on any atom is -0.505 e. The molecule has 0 aromatic heterocycles. The monoisotopic (exact) mass is 1120 g/mol. The summed E-state index contributed by atoms with van der Waals surface area (Å²) in [5, 5.41) is 45.0. The highest BCUT2D eigenvalue weighted by atomic mass is 32.2. The van der Waals surface area contributed by atoms with Gasteiger partial charge in [-0.15, -0.1) is 17.7 Å². The third-order valence-corrected chi connectivity index (χ3v) is 14.7. The molecule has 0 aliphatic heterocycles. The lowest BCUT2D eigenvalue weighted by molar-refractivity contribution is 0.102. The number of hydrogen-bond acceptors (Lipinski definition) is 18. The van der Waals surface area contributed by atoms with Crippen LogP contribution in [-0.2, 0) is 30.4 Å². The fourth-order valence-electron chi connectivity index (χ4n) is 7.87. The van der Waals surface area contributed by atoms with Crippen LogP contribution in [0.15, 0.2) is 167 Å². The van der Waals surface area contributed by atoms with Crippen LogP contribution >= 0.6 is 12.6 Å². The fourth-order valence-corrected chi connectivity index (χ4v) is 9.91. The molecule has 0 saturated carbocycles. The van der Waals surface area contributed by atoms with Gasteiger partial charge >= 0.3 is 0 Å². The van der Waals surface area contributed by atoms with Crippen LogP contribution in [0.1, 0.15) is 39.0 Å². The maximum Gasteiger partial charge on any atom is 0.296 e. The Kier molecular flexibility index (Phi) is 15.9. The van der Waals surface area contributed by atoms with Gasteiger partial charge in [0.25, 0.3) is 36.3 Å². The number of benzene rings is 8. The SMILES string of the molecule is Cc1cc(N=Nc2cc(C)c(N=Nc3c(S(=O)(=O)O)cc4cc(Nc5ccc(N)c(S(=O)(=O)O)c5)ccc4c3O)cc2C)c(C)cc1N=Nc1ccc(C(=O)Nc2ccc3c(OCCCS(=O)(=O)O)cc(S)cc3c2)cc1. The van der Waals surface area contributed by atoms with Crippen LogP contribution in [0.4, 0.5) is 56.9 Å². The summed E-state index contributed by atoms with van der Waals surface area (Å²) in [6.07, 6.45) is 0.101. The third-order valence-electron chi connectivity index (χ3n) is 11.8. The molecule has 0 atom stereocenters. The van der Waals surface area contributed by atoms with E-state index in [0.29, 0.717) is 67.1 Å². The molecule has 0 radical (unpaired) electrons. The fraction of sp³-hybridized carbons (Fsp3) is 0.135. The number of carbonyl (C=O) groups excluding carboxylic acids is 1. The van der Waals surface area contributed by atoms with Gasteiger partial charge in [-0.2, -0.15) is 50.8 Å². The molecule has 8 rings (SSSR count). The van der Waals surface area contributed by atoms with Crippen LogP contribution in [0.5, 0.6) is 11.5 Å². The number of aromatic hydroxyl groups is 1. The number of nitrogen functional groups attached to an aromatic ring is 1. The van der Waals surface area contributed by atoms with Crippen molar-refractivity contribution >= 4 is 127 Å². The van der Waals surface area contributed by atoms with E-state index in [1.54, 1.807) is 80.6 Å². The van der Waals surface area contributed by atoms with Crippen molar-refractivity contribution in [2.75, 3.05) is 28.7 Å². The molecule has 0 aliphatic carbocycles. The van der Waals surface area contributed by atoms with Crippen molar-refractivity contribution in [2.24, 2.45) is 30.7 Å². The number of phenolic OH excluding ortho intramolecular Hbond substituents is 1. The quantitative estimate of drug-likeness (QED) is 0.0138. The van der Waals surface area contributed by atoms with E-state index in [9.17, 15) is 44.3 Å². The number of nitrogens with two attached hydrogens (primary N) is 1. The summed E-state index contributed by atoms with van der Waals surface area (Å²) in [6, 6.07) is 31.7. The molecule has 1 amide bonds. The smallest absolute Gasteiger partial charge is 0.296 e. The standard InChI is InChI=1S/C52H47N9O12S4/c1-28-19-44(29(2)18-43(28)57-56-35-8-6-32(7-9-35)52(63)55-37-10-13-40-33(22-37)24-39(74)27-47(40)73-16-5-17-75(64,65)66)58-59-45-20-31(4)46(21-30(45)3)60-61-50-49(77(70,71)72)25-34-23-36(11-14-41(34)51(50)62)54-38-12-15-42(53)48(26-38)76(67,68)69/h6-15,18-27,54,62,74H,5,16-17,53H2,1-4H3,(H,55,63)(H,64,65,66)(H,67,68,69)(H,70,71,72). The number of fused-ring (bicyclic) bond motifs is 2. The molecule has 0 saturated heterocycles. The number of anilines is 4. The van der Waals surface area contributed by atoms with E-state index in [2.05, 4.69) is 53.9 Å². The first-order valence-corrected chi connectivity index (χ1v) is 27.9. The van der Waals surface area contributed by atoms with Crippen molar-refractivity contribution in [1.82, 2.24) is 0 Å². The summed E-state index contributed by atoms with van der Waals surface area (Å²) in [5.74, 6) is -0.886. The van der Waals surface area contributed by atoms with Crippen molar-refractivity contribution in [2.45, 2.75) is 48.8 Å². The van der Waals surface area contributed by atoms with E-state index in [1.165, 1.54) is 30.3 Å². The number of nitrogens with zero attached hydrogens (tertiary/aromatic N) is 6. The predicted molar refractivity (Wildman–Crippen MR) is 296 cm³/mol. The number of phenols is 1. The normalized spacial score (nSPS) is 12.4. The van der Waals surface area contributed by atoms with E-state index in [4.69, 9.17) is 15.0 Å². The maximum absolute atomic E-state index is 13.2. The second-order valence-corrected chi connectivity index (χ2v) is 22.5. The van der Waals surface area contributed by atoms with Gasteiger partial charge in [0.15, 0.2) is 5.75 Å². The Morgan fingerprint density at radius 3 is 1.68 bits per heavy atom. The third kappa shape index (κ3) is 13.5. The van der Waals surface area contributed by atoms with Crippen molar-refractivity contribution in [3.8, 4) is 11.5 Å². The van der Waals surface area contributed by atoms with E-state index >= 15 is 0 Å². The minimum absolute atomic E-state index is 0.0632. The Balaban J connectivity index is 0.923. The number of rotatable bonds is 17. The zero-order chi connectivity index (χ0) is 55.6. The van der Waals surface area contributed by atoms with Gasteiger partial charge in [-0.3, -0.25) is 18.5 Å². The van der Waals surface area contributed by atoms with Gasteiger partial charge in [0.1, 0.15) is 21.2 Å². The second kappa shape index (κ2) is 22.2. The first-order chi connectivity index (χ1) is 36.3. The molecule has 0 heterocycles. The topological polar surface area (TPSA) is 334 Å². The Labute approximate surface area is 447 Å². The zero-order valence-electron chi connectivity index (χ0n) is 41.2. The highest BCUT2D eigenvalue weighted by Crippen LogP contribution is 2.43. The van der Waals surface area contributed by atoms with Crippen molar-refractivity contribution < 1.29 is 53.5 Å². The first kappa shape index (κ1) is 55.1. The summed E-state index contributed by atoms with van der Waals surface area (Å²) in [5.41, 5.74) is 11.7. The molecule has 77 heavy (non-hydrogen) atoms. The summed E-state index contributed by atoms with van der Waals surface area (Å²) in [7, 11) is -13.7. The first-order valence-electron chi connectivity index (χ1n) is 22.9. The Hall–Kier alpha value is -8.17. The number of azo groups is 3. The van der Waals surface area contributed by atoms with E-state index in [-0.39, 0.29) is 41.1 Å². The van der Waals surface area contributed by atoms with E-state index in [1.807, 2.05) is 26.0 Å². The molecule has 8 aromatic rings. The average molecular weight is 1120 g/mol. The van der Waals surface area contributed by atoms with E-state index in [0.717, 1.165) is 34.0 Å². The van der Waals surface area contributed by atoms with Gasteiger partial charge in [-0.25, -0.2) is 0 Å². The number of thiol groups is 1. The molecule has 0 spiro atoms. The number of carbonyl (C=O) groups is 1. The molecular weight excluding hydrogens is 1070 g/mol. The van der Waals surface area contributed by atoms with Gasteiger partial charge in [-0.05, 0) is 188 Å². The molecule has 8 N–H and O–H groups in total. The molecule has 8 aromatic carbocycles. The van der Waals surface area contributed by atoms with Gasteiger partial charge in [-0.1, -0.05) is 0 Å². The van der Waals surface area contributed by atoms with Gasteiger partial charge < -0.3 is 26.2 Å². The van der Waals surface area contributed by atoms with Crippen LogP contribution < -0.4 is 21.1 Å². The molecule has 0 fully saturated rings. The van der Waals surface area contributed by atoms with Crippen LogP contribution in [0, 0.1) is 27.7 Å². The lowest BCUT2D eigenvalue weighted by atomic mass is 10.1. The lowest BCUT2D eigenvalue weighted by Gasteiger charge is -2.12. The van der Waals surface area contributed by atoms with Gasteiger partial charge in [0.2, 0.25) is 0 Å². The van der Waals surface area contributed by atoms with Crippen molar-refractivity contribution in [1.29, 1.82) is 0 Å². The summed E-state index contributed by atoms with van der Waals surface area (Å²) < 4.78 is 105. The maximum atomic E-state index is 13.2.